The number of aliphatic hydroxyl groups excluding tert-OH is 1. The molecule has 0 heterocycles. The normalized spacial score (nSPS) is 13.4. The third-order valence-corrected chi connectivity index (χ3v) is 1.44. The predicted octanol–water partition coefficient (Wildman–Crippen LogP) is 1.87. The van der Waals surface area contributed by atoms with Crippen molar-refractivity contribution in [3.05, 3.63) is 0 Å². The molecule has 0 aliphatic carbocycles. The van der Waals surface area contributed by atoms with Gasteiger partial charge in [-0.2, -0.15) is 0 Å². The summed E-state index contributed by atoms with van der Waals surface area (Å²) in [6.07, 6.45) is 2.80. The van der Waals surface area contributed by atoms with E-state index in [9.17, 15) is 4.39 Å². The Kier molecular flexibility index (Phi) is 7.84. The van der Waals surface area contributed by atoms with Crippen molar-refractivity contribution >= 4 is 0 Å². The molecule has 0 aliphatic heterocycles. The molecule has 1 N–H and O–H groups in total. The molecule has 0 radical (unpaired) electrons. The van der Waals surface area contributed by atoms with Crippen LogP contribution in [0.25, 0.3) is 0 Å². The van der Waals surface area contributed by atoms with E-state index in [1.165, 1.54) is 12.8 Å². The van der Waals surface area contributed by atoms with Crippen molar-refractivity contribution in [3.63, 3.8) is 0 Å². The van der Waals surface area contributed by atoms with Gasteiger partial charge in [0.1, 0.15) is 0 Å². The summed E-state index contributed by atoms with van der Waals surface area (Å²) in [6, 6.07) is 0. The maximum absolute atomic E-state index is 12.2. The first-order valence-corrected chi connectivity index (χ1v) is 4.17. The molecule has 0 aromatic rings. The second-order valence-electron chi connectivity index (χ2n) is 2.52. The zero-order chi connectivity index (χ0) is 8.53. The second kappa shape index (κ2) is 7.95. The molecule has 11 heavy (non-hydrogen) atoms. The topological polar surface area (TPSA) is 29.5 Å². The van der Waals surface area contributed by atoms with Gasteiger partial charge in [0.15, 0.2) is 0 Å². The lowest BCUT2D eigenvalue weighted by Crippen LogP contribution is -2.11. The fraction of sp³-hybridized carbons (Fsp3) is 1.00. The average molecular weight is 164 g/mol. The van der Waals surface area contributed by atoms with Crippen LogP contribution in [0.4, 0.5) is 4.39 Å². The van der Waals surface area contributed by atoms with Crippen LogP contribution in [-0.2, 0) is 4.74 Å². The number of halogens is 1. The van der Waals surface area contributed by atoms with E-state index in [4.69, 9.17) is 5.11 Å². The third-order valence-electron chi connectivity index (χ3n) is 1.44. The van der Waals surface area contributed by atoms with Crippen molar-refractivity contribution in [3.8, 4) is 0 Å². The summed E-state index contributed by atoms with van der Waals surface area (Å²) in [6.45, 7) is 2.00. The lowest BCUT2D eigenvalue weighted by Gasteiger charge is -2.05. The van der Waals surface area contributed by atoms with Crippen molar-refractivity contribution in [1.82, 2.24) is 0 Å². The van der Waals surface area contributed by atoms with E-state index in [2.05, 4.69) is 11.7 Å². The number of unbranched alkanes of at least 4 members (excludes halogenated alkanes) is 3. The molecule has 0 aromatic carbocycles. The van der Waals surface area contributed by atoms with Crippen LogP contribution in [0.2, 0.25) is 0 Å². The fourth-order valence-corrected chi connectivity index (χ4v) is 0.793. The largest absolute Gasteiger partial charge is 0.391 e. The average Bonchev–Trinajstić information content (AvgIpc) is 2.04. The van der Waals surface area contributed by atoms with E-state index in [-0.39, 0.29) is 0 Å². The van der Waals surface area contributed by atoms with Gasteiger partial charge in [-0.1, -0.05) is 26.2 Å². The van der Waals surface area contributed by atoms with Gasteiger partial charge < -0.3 is 9.84 Å². The Morgan fingerprint density at radius 1 is 1.36 bits per heavy atom. The van der Waals surface area contributed by atoms with Gasteiger partial charge in [0, 0.05) is 0 Å². The first-order chi connectivity index (χ1) is 5.31. The highest BCUT2D eigenvalue weighted by Gasteiger charge is 2.01. The predicted molar refractivity (Wildman–Crippen MR) is 42.1 cm³/mol. The van der Waals surface area contributed by atoms with Crippen LogP contribution in [-0.4, -0.2) is 24.7 Å². The van der Waals surface area contributed by atoms with Crippen LogP contribution < -0.4 is 0 Å². The lowest BCUT2D eigenvalue weighted by molar-refractivity contribution is -0.0706. The molecule has 3 heteroatoms. The summed E-state index contributed by atoms with van der Waals surface area (Å²) >= 11 is 0. The number of rotatable bonds is 7. The van der Waals surface area contributed by atoms with Crippen molar-refractivity contribution in [2.24, 2.45) is 0 Å². The Hall–Kier alpha value is -0.150. The Balaban J connectivity index is 2.89. The number of alkyl halides is 1. The van der Waals surface area contributed by atoms with E-state index < -0.39 is 13.0 Å². The number of hydrogen-bond donors (Lipinski definition) is 1. The molecule has 0 amide bonds. The maximum Gasteiger partial charge on any atom is 0.222 e. The molecule has 0 saturated carbocycles. The highest BCUT2D eigenvalue weighted by molar-refractivity contribution is 4.41. The van der Waals surface area contributed by atoms with E-state index in [0.717, 1.165) is 12.8 Å². The van der Waals surface area contributed by atoms with Crippen LogP contribution in [0, 0.1) is 0 Å². The van der Waals surface area contributed by atoms with Crippen LogP contribution in [0.3, 0.4) is 0 Å². The Labute approximate surface area is 67.4 Å². The molecule has 2 nitrogen and oxygen atoms in total. The van der Waals surface area contributed by atoms with E-state index in [1.807, 2.05) is 0 Å². The SMILES string of the molecule is CCCCCCOC(F)CO. The second-order valence-corrected chi connectivity index (χ2v) is 2.52. The van der Waals surface area contributed by atoms with E-state index in [1.54, 1.807) is 0 Å². The van der Waals surface area contributed by atoms with E-state index >= 15 is 0 Å². The smallest absolute Gasteiger partial charge is 0.222 e. The van der Waals surface area contributed by atoms with Crippen molar-refractivity contribution < 1.29 is 14.2 Å². The standard InChI is InChI=1S/C8H17FO2/c1-2-3-4-5-6-11-8(9)7-10/h8,10H,2-7H2,1H3. The highest BCUT2D eigenvalue weighted by Crippen LogP contribution is 2.00. The lowest BCUT2D eigenvalue weighted by atomic mass is 10.2. The number of ether oxygens (including phenoxy) is 1. The molecular formula is C8H17FO2. The summed E-state index contributed by atoms with van der Waals surface area (Å²) in [7, 11) is 0. The van der Waals surface area contributed by atoms with Gasteiger partial charge in [-0.3, -0.25) is 0 Å². The zero-order valence-corrected chi connectivity index (χ0v) is 7.05. The number of hydrogen-bond acceptors (Lipinski definition) is 2. The van der Waals surface area contributed by atoms with Crippen molar-refractivity contribution in [2.45, 2.75) is 39.0 Å². The monoisotopic (exact) mass is 164 g/mol. The molecule has 0 rings (SSSR count). The minimum Gasteiger partial charge on any atom is -0.391 e. The summed E-state index contributed by atoms with van der Waals surface area (Å²) in [5.74, 6) is 0. The molecule has 0 bridgehead atoms. The molecule has 68 valence electrons. The van der Waals surface area contributed by atoms with Gasteiger partial charge in [0.25, 0.3) is 0 Å². The highest BCUT2D eigenvalue weighted by atomic mass is 19.1. The quantitative estimate of drug-likeness (QED) is 0.582. The summed E-state index contributed by atoms with van der Waals surface area (Å²) < 4.78 is 16.8. The minimum absolute atomic E-state index is 0.418. The Morgan fingerprint density at radius 3 is 2.64 bits per heavy atom. The molecule has 1 unspecified atom stereocenters. The van der Waals surface area contributed by atoms with Crippen molar-refractivity contribution in [2.75, 3.05) is 13.2 Å². The third kappa shape index (κ3) is 7.75. The van der Waals surface area contributed by atoms with Gasteiger partial charge in [-0.15, -0.1) is 0 Å². The molecule has 0 aliphatic rings. The summed E-state index contributed by atoms with van der Waals surface area (Å²) in [4.78, 5) is 0. The van der Waals surface area contributed by atoms with Gasteiger partial charge in [-0.05, 0) is 6.42 Å². The van der Waals surface area contributed by atoms with Crippen LogP contribution in [0.15, 0.2) is 0 Å². The first-order valence-electron chi connectivity index (χ1n) is 4.17. The van der Waals surface area contributed by atoms with Gasteiger partial charge in [0.05, 0.1) is 13.2 Å². The Bertz CT molecular complexity index is 78.5. The molecule has 0 saturated heterocycles. The molecule has 0 spiro atoms. The summed E-state index contributed by atoms with van der Waals surface area (Å²) in [5.41, 5.74) is 0. The van der Waals surface area contributed by atoms with Crippen LogP contribution in [0.5, 0.6) is 0 Å². The maximum atomic E-state index is 12.2. The minimum atomic E-state index is -1.49. The zero-order valence-electron chi connectivity index (χ0n) is 7.05. The summed E-state index contributed by atoms with van der Waals surface area (Å²) in [5, 5.41) is 8.24. The molecular weight excluding hydrogens is 147 g/mol. The molecule has 0 fully saturated rings. The Morgan fingerprint density at radius 2 is 2.09 bits per heavy atom. The van der Waals surface area contributed by atoms with Crippen LogP contribution in [0.1, 0.15) is 32.6 Å². The van der Waals surface area contributed by atoms with Gasteiger partial charge in [-0.25, -0.2) is 4.39 Å². The molecule has 0 aromatic heterocycles. The first kappa shape index (κ1) is 10.8. The molecule has 1 atom stereocenters. The van der Waals surface area contributed by atoms with Crippen molar-refractivity contribution in [1.29, 1.82) is 0 Å². The number of aliphatic hydroxyl groups is 1. The fourth-order valence-electron chi connectivity index (χ4n) is 0.793. The van der Waals surface area contributed by atoms with Gasteiger partial charge in [0.2, 0.25) is 6.36 Å². The van der Waals surface area contributed by atoms with E-state index in [0.29, 0.717) is 6.61 Å². The van der Waals surface area contributed by atoms with Gasteiger partial charge >= 0.3 is 0 Å². The van der Waals surface area contributed by atoms with Crippen LogP contribution >= 0.6 is 0 Å².